The van der Waals surface area contributed by atoms with E-state index in [1.807, 2.05) is 42.5 Å². The second-order valence-corrected chi connectivity index (χ2v) is 5.42. The largest absolute Gasteiger partial charge is 0.487 e. The van der Waals surface area contributed by atoms with Gasteiger partial charge in [0.05, 0.1) is 17.1 Å². The maximum Gasteiger partial charge on any atom is 0.310 e. The molecule has 0 bridgehead atoms. The van der Waals surface area contributed by atoms with E-state index >= 15 is 0 Å². The summed E-state index contributed by atoms with van der Waals surface area (Å²) in [6.07, 6.45) is 0. The fourth-order valence-electron chi connectivity index (χ4n) is 2.36. The van der Waals surface area contributed by atoms with Gasteiger partial charge in [-0.2, -0.15) is 0 Å². The van der Waals surface area contributed by atoms with E-state index in [9.17, 15) is 4.79 Å². The Labute approximate surface area is 134 Å². The van der Waals surface area contributed by atoms with Gasteiger partial charge in [0.1, 0.15) is 12.4 Å². The summed E-state index contributed by atoms with van der Waals surface area (Å²) < 4.78 is 5.76. The van der Waals surface area contributed by atoms with Crippen molar-refractivity contribution in [3.05, 3.63) is 71.9 Å². The lowest BCUT2D eigenvalue weighted by molar-refractivity contribution is -0.138. The number of rotatable bonds is 5. The fraction of sp³-hybridized carbons (Fsp3) is 0.158. The highest BCUT2D eigenvalue weighted by Gasteiger charge is 2.14. The van der Waals surface area contributed by atoms with Crippen LogP contribution in [0.2, 0.25) is 0 Å². The monoisotopic (exact) mass is 307 g/mol. The molecule has 23 heavy (non-hydrogen) atoms. The van der Waals surface area contributed by atoms with Crippen LogP contribution < -0.4 is 4.74 Å². The standard InChI is InChI=1S/C19H17NO3/c1-13(19(21)22)15-6-4-7-17(11-15)23-12-16-10-9-14-5-2-3-8-18(14)20-16/h2-11,13H,12H2,1H3,(H,21,22). The quantitative estimate of drug-likeness (QED) is 0.774. The van der Waals surface area contributed by atoms with Crippen molar-refractivity contribution in [3.8, 4) is 5.75 Å². The first-order valence-corrected chi connectivity index (χ1v) is 7.44. The van der Waals surface area contributed by atoms with Crippen LogP contribution in [0.3, 0.4) is 0 Å². The molecule has 0 spiro atoms. The number of aromatic nitrogens is 1. The maximum atomic E-state index is 11.1. The number of pyridine rings is 1. The highest BCUT2D eigenvalue weighted by atomic mass is 16.5. The van der Waals surface area contributed by atoms with Crippen LogP contribution in [0.5, 0.6) is 5.75 Å². The molecule has 3 aromatic rings. The normalized spacial score (nSPS) is 12.0. The van der Waals surface area contributed by atoms with Gasteiger partial charge in [0.15, 0.2) is 0 Å². The van der Waals surface area contributed by atoms with Crippen LogP contribution >= 0.6 is 0 Å². The summed E-state index contributed by atoms with van der Waals surface area (Å²) >= 11 is 0. The van der Waals surface area contributed by atoms with Crippen molar-refractivity contribution in [1.82, 2.24) is 4.98 Å². The van der Waals surface area contributed by atoms with Crippen LogP contribution in [-0.4, -0.2) is 16.1 Å². The Balaban J connectivity index is 1.74. The molecule has 1 N–H and O–H groups in total. The molecular weight excluding hydrogens is 290 g/mol. The fourth-order valence-corrected chi connectivity index (χ4v) is 2.36. The third-order valence-corrected chi connectivity index (χ3v) is 3.77. The maximum absolute atomic E-state index is 11.1. The number of fused-ring (bicyclic) bond motifs is 1. The summed E-state index contributed by atoms with van der Waals surface area (Å²) in [4.78, 5) is 15.6. The Bertz CT molecular complexity index is 845. The Morgan fingerprint density at radius 1 is 1.13 bits per heavy atom. The summed E-state index contributed by atoms with van der Waals surface area (Å²) in [7, 11) is 0. The van der Waals surface area contributed by atoms with Crippen molar-refractivity contribution in [2.24, 2.45) is 0 Å². The molecule has 1 aromatic heterocycles. The highest BCUT2D eigenvalue weighted by Crippen LogP contribution is 2.22. The van der Waals surface area contributed by atoms with Gasteiger partial charge in [0.25, 0.3) is 0 Å². The molecule has 1 unspecified atom stereocenters. The Hall–Kier alpha value is -2.88. The summed E-state index contributed by atoms with van der Waals surface area (Å²) in [6.45, 7) is 2.00. The molecule has 0 saturated carbocycles. The molecule has 0 fully saturated rings. The number of nitrogens with zero attached hydrogens (tertiary/aromatic N) is 1. The molecule has 1 heterocycles. The number of carboxylic acid groups (broad SMARTS) is 1. The van der Waals surface area contributed by atoms with E-state index in [0.29, 0.717) is 12.4 Å². The highest BCUT2D eigenvalue weighted by molar-refractivity contribution is 5.78. The number of para-hydroxylation sites is 1. The topological polar surface area (TPSA) is 59.4 Å². The second-order valence-electron chi connectivity index (χ2n) is 5.42. The predicted octanol–water partition coefficient (Wildman–Crippen LogP) is 4.00. The summed E-state index contributed by atoms with van der Waals surface area (Å²) in [6, 6.07) is 19.1. The van der Waals surface area contributed by atoms with Gasteiger partial charge in [0.2, 0.25) is 0 Å². The van der Waals surface area contributed by atoms with Gasteiger partial charge in [0, 0.05) is 5.39 Å². The van der Waals surface area contributed by atoms with E-state index in [0.717, 1.165) is 22.2 Å². The predicted molar refractivity (Wildman–Crippen MR) is 88.6 cm³/mol. The van der Waals surface area contributed by atoms with Crippen molar-refractivity contribution in [1.29, 1.82) is 0 Å². The van der Waals surface area contributed by atoms with Crippen LogP contribution in [0.25, 0.3) is 10.9 Å². The van der Waals surface area contributed by atoms with Crippen LogP contribution in [-0.2, 0) is 11.4 Å². The number of ether oxygens (including phenoxy) is 1. The average Bonchev–Trinajstić information content (AvgIpc) is 2.59. The van der Waals surface area contributed by atoms with Crippen molar-refractivity contribution in [3.63, 3.8) is 0 Å². The van der Waals surface area contributed by atoms with Gasteiger partial charge >= 0.3 is 5.97 Å². The van der Waals surface area contributed by atoms with E-state index < -0.39 is 11.9 Å². The molecule has 2 aromatic carbocycles. The Morgan fingerprint density at radius 3 is 2.78 bits per heavy atom. The van der Waals surface area contributed by atoms with Crippen LogP contribution in [0.4, 0.5) is 0 Å². The van der Waals surface area contributed by atoms with Gasteiger partial charge in [-0.15, -0.1) is 0 Å². The Morgan fingerprint density at radius 2 is 1.96 bits per heavy atom. The van der Waals surface area contributed by atoms with Gasteiger partial charge in [-0.25, -0.2) is 4.98 Å². The minimum atomic E-state index is -0.849. The second kappa shape index (κ2) is 6.48. The van der Waals surface area contributed by atoms with Gasteiger partial charge in [-0.3, -0.25) is 4.79 Å². The molecule has 0 radical (unpaired) electrons. The minimum Gasteiger partial charge on any atom is -0.487 e. The summed E-state index contributed by atoms with van der Waals surface area (Å²) in [5.74, 6) is -0.763. The number of carbonyl (C=O) groups is 1. The van der Waals surface area contributed by atoms with Gasteiger partial charge < -0.3 is 9.84 Å². The molecule has 3 rings (SSSR count). The summed E-state index contributed by atoms with van der Waals surface area (Å²) in [5.41, 5.74) is 2.49. The SMILES string of the molecule is CC(C(=O)O)c1cccc(OCc2ccc3ccccc3n2)c1. The average molecular weight is 307 g/mol. The minimum absolute atomic E-state index is 0.343. The zero-order valence-corrected chi connectivity index (χ0v) is 12.8. The third-order valence-electron chi connectivity index (χ3n) is 3.77. The van der Waals surface area contributed by atoms with Crippen LogP contribution in [0.15, 0.2) is 60.7 Å². The van der Waals surface area contributed by atoms with Crippen molar-refractivity contribution < 1.29 is 14.6 Å². The first-order valence-electron chi connectivity index (χ1n) is 7.44. The number of hydrogen-bond donors (Lipinski definition) is 1. The lowest BCUT2D eigenvalue weighted by Crippen LogP contribution is -2.07. The molecule has 0 saturated heterocycles. The molecule has 1 atom stereocenters. The molecular formula is C19H17NO3. The zero-order chi connectivity index (χ0) is 16.2. The number of carboxylic acids is 1. The van der Waals surface area contributed by atoms with Crippen molar-refractivity contribution in [2.75, 3.05) is 0 Å². The van der Waals surface area contributed by atoms with E-state index in [2.05, 4.69) is 4.98 Å². The van der Waals surface area contributed by atoms with E-state index in [1.165, 1.54) is 0 Å². The molecule has 0 aliphatic heterocycles. The third kappa shape index (κ3) is 3.48. The summed E-state index contributed by atoms with van der Waals surface area (Å²) in [5, 5.41) is 10.2. The van der Waals surface area contributed by atoms with Gasteiger partial charge in [-0.1, -0.05) is 36.4 Å². The zero-order valence-electron chi connectivity index (χ0n) is 12.8. The molecule has 116 valence electrons. The molecule has 0 amide bonds. The van der Waals surface area contributed by atoms with Crippen LogP contribution in [0, 0.1) is 0 Å². The number of benzene rings is 2. The van der Waals surface area contributed by atoms with Crippen LogP contribution in [0.1, 0.15) is 24.1 Å². The lowest BCUT2D eigenvalue weighted by atomic mass is 10.0. The number of aliphatic carboxylic acids is 1. The molecule has 0 aliphatic carbocycles. The Kier molecular flexibility index (Phi) is 4.24. The molecule has 4 heteroatoms. The van der Waals surface area contributed by atoms with Gasteiger partial charge in [-0.05, 0) is 36.8 Å². The number of hydrogen-bond acceptors (Lipinski definition) is 3. The molecule has 0 aliphatic rings. The first-order chi connectivity index (χ1) is 11.1. The molecule has 4 nitrogen and oxygen atoms in total. The van der Waals surface area contributed by atoms with Crippen molar-refractivity contribution in [2.45, 2.75) is 19.4 Å². The van der Waals surface area contributed by atoms with E-state index in [1.54, 1.807) is 25.1 Å². The van der Waals surface area contributed by atoms with E-state index in [-0.39, 0.29) is 0 Å². The lowest BCUT2D eigenvalue weighted by Gasteiger charge is -2.10. The smallest absolute Gasteiger partial charge is 0.310 e. The first kappa shape index (κ1) is 15.0. The van der Waals surface area contributed by atoms with Crippen molar-refractivity contribution >= 4 is 16.9 Å². The van der Waals surface area contributed by atoms with E-state index in [4.69, 9.17) is 9.84 Å².